The minimum absolute atomic E-state index is 0.00321. The molecule has 0 aliphatic carbocycles. The SMILES string of the molecule is O=C1C(=Cc2ccccc2OC(F)F)C(c2ccccc2)Oc2ccccc21. The van der Waals surface area contributed by atoms with Crippen LogP contribution in [0.15, 0.2) is 84.4 Å². The lowest BCUT2D eigenvalue weighted by atomic mass is 9.89. The molecule has 1 atom stereocenters. The van der Waals surface area contributed by atoms with Gasteiger partial charge in [0, 0.05) is 11.1 Å². The fraction of sp³-hybridized carbons (Fsp3) is 0.0870. The number of para-hydroxylation sites is 2. The third-order valence-electron chi connectivity index (χ3n) is 4.47. The van der Waals surface area contributed by atoms with Crippen LogP contribution >= 0.6 is 0 Å². The van der Waals surface area contributed by atoms with E-state index in [4.69, 9.17) is 4.74 Å². The fourth-order valence-corrected chi connectivity index (χ4v) is 3.21. The van der Waals surface area contributed by atoms with Crippen molar-refractivity contribution >= 4 is 11.9 Å². The van der Waals surface area contributed by atoms with Crippen molar-refractivity contribution in [2.45, 2.75) is 12.7 Å². The Balaban J connectivity index is 1.85. The van der Waals surface area contributed by atoms with Gasteiger partial charge in [-0.1, -0.05) is 60.7 Å². The van der Waals surface area contributed by atoms with E-state index in [0.29, 0.717) is 22.4 Å². The lowest BCUT2D eigenvalue weighted by Crippen LogP contribution is -2.23. The van der Waals surface area contributed by atoms with Crippen LogP contribution in [-0.4, -0.2) is 12.4 Å². The maximum Gasteiger partial charge on any atom is 0.387 e. The molecule has 1 unspecified atom stereocenters. The second-order valence-electron chi connectivity index (χ2n) is 6.25. The van der Waals surface area contributed by atoms with E-state index in [1.165, 1.54) is 6.07 Å². The third kappa shape index (κ3) is 3.51. The van der Waals surface area contributed by atoms with Gasteiger partial charge in [0.15, 0.2) is 11.9 Å². The molecular weight excluding hydrogens is 362 g/mol. The van der Waals surface area contributed by atoms with Gasteiger partial charge in [-0.2, -0.15) is 8.78 Å². The van der Waals surface area contributed by atoms with Crippen molar-refractivity contribution in [3.05, 3.63) is 101 Å². The Kier molecular flexibility index (Phi) is 4.89. The Bertz CT molecular complexity index is 1030. The molecule has 1 aliphatic heterocycles. The van der Waals surface area contributed by atoms with Crippen molar-refractivity contribution in [2.75, 3.05) is 0 Å². The average Bonchev–Trinajstić information content (AvgIpc) is 2.71. The van der Waals surface area contributed by atoms with Crippen LogP contribution in [0.4, 0.5) is 8.78 Å². The van der Waals surface area contributed by atoms with Crippen LogP contribution in [0.3, 0.4) is 0 Å². The second kappa shape index (κ2) is 7.64. The average molecular weight is 378 g/mol. The summed E-state index contributed by atoms with van der Waals surface area (Å²) in [5, 5.41) is 0. The molecule has 0 aromatic heterocycles. The summed E-state index contributed by atoms with van der Waals surface area (Å²) >= 11 is 0. The van der Waals surface area contributed by atoms with Crippen molar-refractivity contribution in [1.29, 1.82) is 0 Å². The topological polar surface area (TPSA) is 35.5 Å². The van der Waals surface area contributed by atoms with Crippen LogP contribution in [0.2, 0.25) is 0 Å². The Morgan fingerprint density at radius 1 is 0.893 bits per heavy atom. The number of fused-ring (bicyclic) bond motifs is 1. The van der Waals surface area contributed by atoms with Gasteiger partial charge in [0.25, 0.3) is 0 Å². The number of rotatable bonds is 4. The molecule has 0 fully saturated rings. The van der Waals surface area contributed by atoms with Crippen LogP contribution in [0.1, 0.15) is 27.6 Å². The third-order valence-corrected chi connectivity index (χ3v) is 4.47. The molecule has 0 saturated heterocycles. The summed E-state index contributed by atoms with van der Waals surface area (Å²) in [5.41, 5.74) is 1.97. The molecule has 0 radical (unpaired) electrons. The van der Waals surface area contributed by atoms with Gasteiger partial charge >= 0.3 is 6.61 Å². The van der Waals surface area contributed by atoms with Gasteiger partial charge < -0.3 is 9.47 Å². The summed E-state index contributed by atoms with van der Waals surface area (Å²) < 4.78 is 36.2. The highest BCUT2D eigenvalue weighted by Crippen LogP contribution is 2.39. The van der Waals surface area contributed by atoms with Crippen LogP contribution in [0.25, 0.3) is 6.08 Å². The first kappa shape index (κ1) is 17.9. The number of carbonyl (C=O) groups excluding carboxylic acids is 1. The lowest BCUT2D eigenvalue weighted by Gasteiger charge is -2.28. The molecule has 1 aliphatic rings. The van der Waals surface area contributed by atoms with Gasteiger partial charge in [0.05, 0.1) is 5.56 Å². The monoisotopic (exact) mass is 378 g/mol. The molecule has 1 heterocycles. The molecule has 0 spiro atoms. The highest BCUT2D eigenvalue weighted by Gasteiger charge is 2.33. The number of ketones is 1. The minimum atomic E-state index is -2.96. The van der Waals surface area contributed by atoms with Crippen molar-refractivity contribution < 1.29 is 23.0 Å². The second-order valence-corrected chi connectivity index (χ2v) is 6.25. The number of benzene rings is 3. The largest absolute Gasteiger partial charge is 0.480 e. The number of ether oxygens (including phenoxy) is 2. The lowest BCUT2D eigenvalue weighted by molar-refractivity contribution is -0.0499. The molecule has 5 heteroatoms. The summed E-state index contributed by atoms with van der Waals surface area (Å²) in [7, 11) is 0. The number of alkyl halides is 2. The standard InChI is InChI=1S/C23H16F2O3/c24-23(25)28-19-12-6-4-10-16(19)14-18-21(26)17-11-5-7-13-20(17)27-22(18)15-8-2-1-3-9-15/h1-14,22-23H. The molecule has 0 N–H and O–H groups in total. The quantitative estimate of drug-likeness (QED) is 0.547. The summed E-state index contributed by atoms with van der Waals surface area (Å²) in [5.74, 6) is 0.293. The van der Waals surface area contributed by atoms with Crippen LogP contribution in [0, 0.1) is 0 Å². The molecule has 4 rings (SSSR count). The van der Waals surface area contributed by atoms with Crippen LogP contribution in [0.5, 0.6) is 11.5 Å². The van der Waals surface area contributed by atoms with Gasteiger partial charge in [-0.05, 0) is 29.8 Å². The Morgan fingerprint density at radius 2 is 1.57 bits per heavy atom. The molecule has 28 heavy (non-hydrogen) atoms. The minimum Gasteiger partial charge on any atom is -0.480 e. The number of carbonyl (C=O) groups is 1. The van der Waals surface area contributed by atoms with Crippen molar-refractivity contribution in [3.63, 3.8) is 0 Å². The van der Waals surface area contributed by atoms with E-state index in [0.717, 1.165) is 5.56 Å². The summed E-state index contributed by atoms with van der Waals surface area (Å²) in [6, 6.07) is 22.7. The first-order chi connectivity index (χ1) is 13.6. The van der Waals surface area contributed by atoms with Crippen LogP contribution < -0.4 is 9.47 Å². The zero-order valence-corrected chi connectivity index (χ0v) is 14.7. The highest BCUT2D eigenvalue weighted by atomic mass is 19.3. The Hall–Kier alpha value is -3.47. The molecule has 3 aromatic carbocycles. The summed E-state index contributed by atoms with van der Waals surface area (Å²) in [6.07, 6.45) is 0.913. The Labute approximate surface area is 160 Å². The van der Waals surface area contributed by atoms with E-state index < -0.39 is 12.7 Å². The first-order valence-corrected chi connectivity index (χ1v) is 8.74. The highest BCUT2D eigenvalue weighted by molar-refractivity contribution is 6.14. The summed E-state index contributed by atoms with van der Waals surface area (Å²) in [4.78, 5) is 13.2. The molecule has 0 saturated carbocycles. The first-order valence-electron chi connectivity index (χ1n) is 8.74. The Morgan fingerprint density at radius 3 is 2.36 bits per heavy atom. The molecule has 3 aromatic rings. The van der Waals surface area contributed by atoms with Gasteiger partial charge in [0.1, 0.15) is 11.5 Å². The van der Waals surface area contributed by atoms with E-state index in [-0.39, 0.29) is 11.5 Å². The number of hydrogen-bond acceptors (Lipinski definition) is 3. The maximum atomic E-state index is 13.2. The van der Waals surface area contributed by atoms with E-state index in [9.17, 15) is 13.6 Å². The summed E-state index contributed by atoms with van der Waals surface area (Å²) in [6.45, 7) is -2.96. The predicted octanol–water partition coefficient (Wildman–Crippen LogP) is 5.69. The normalized spacial score (nSPS) is 17.3. The predicted molar refractivity (Wildman–Crippen MR) is 102 cm³/mol. The van der Waals surface area contributed by atoms with Crippen molar-refractivity contribution in [3.8, 4) is 11.5 Å². The molecular formula is C23H16F2O3. The zero-order chi connectivity index (χ0) is 19.5. The molecule has 0 amide bonds. The van der Waals surface area contributed by atoms with Gasteiger partial charge in [-0.15, -0.1) is 0 Å². The molecule has 140 valence electrons. The van der Waals surface area contributed by atoms with Gasteiger partial charge in [-0.25, -0.2) is 0 Å². The number of hydrogen-bond donors (Lipinski definition) is 0. The fourth-order valence-electron chi connectivity index (χ4n) is 3.21. The number of halogens is 2. The van der Waals surface area contributed by atoms with Crippen molar-refractivity contribution in [2.24, 2.45) is 0 Å². The van der Waals surface area contributed by atoms with Crippen molar-refractivity contribution in [1.82, 2.24) is 0 Å². The van der Waals surface area contributed by atoms with Crippen LogP contribution in [-0.2, 0) is 0 Å². The maximum absolute atomic E-state index is 13.2. The van der Waals surface area contributed by atoms with Gasteiger partial charge in [0.2, 0.25) is 0 Å². The zero-order valence-electron chi connectivity index (χ0n) is 14.7. The van der Waals surface area contributed by atoms with E-state index in [1.54, 1.807) is 48.5 Å². The number of Topliss-reactive ketones (excluding diaryl/α,β-unsaturated/α-hetero) is 1. The van der Waals surface area contributed by atoms with Gasteiger partial charge in [-0.3, -0.25) is 4.79 Å². The van der Waals surface area contributed by atoms with E-state index in [2.05, 4.69) is 4.74 Å². The van der Waals surface area contributed by atoms with E-state index in [1.807, 2.05) is 30.3 Å². The van der Waals surface area contributed by atoms with E-state index >= 15 is 0 Å². The molecule has 3 nitrogen and oxygen atoms in total. The molecule has 0 bridgehead atoms. The smallest absolute Gasteiger partial charge is 0.387 e.